The molecule has 1 saturated heterocycles. The number of ether oxygens (including phenoxy) is 3. The first kappa shape index (κ1) is 11.8. The van der Waals surface area contributed by atoms with Crippen LogP contribution in [0.25, 0.3) is 0 Å². The molecule has 1 aliphatic heterocycles. The summed E-state index contributed by atoms with van der Waals surface area (Å²) >= 11 is 0. The molecule has 0 N–H and O–H groups in total. The summed E-state index contributed by atoms with van der Waals surface area (Å²) in [5, 5.41) is 0. The molecule has 6 nitrogen and oxygen atoms in total. The lowest BCUT2D eigenvalue weighted by Crippen LogP contribution is -2.17. The van der Waals surface area contributed by atoms with Gasteiger partial charge in [0.2, 0.25) is 11.8 Å². The van der Waals surface area contributed by atoms with Crippen LogP contribution in [-0.4, -0.2) is 43.2 Å². The van der Waals surface area contributed by atoms with Gasteiger partial charge in [-0.05, 0) is 6.42 Å². The zero-order valence-corrected chi connectivity index (χ0v) is 9.80. The van der Waals surface area contributed by atoms with Gasteiger partial charge in [-0.15, -0.1) is 0 Å². The van der Waals surface area contributed by atoms with Crippen molar-refractivity contribution < 1.29 is 19.0 Å². The average molecular weight is 238 g/mol. The molecule has 0 aromatic carbocycles. The molecule has 0 aliphatic carbocycles. The number of hydrogen-bond acceptors (Lipinski definition) is 6. The summed E-state index contributed by atoms with van der Waals surface area (Å²) in [5.41, 5.74) is 0.240. The van der Waals surface area contributed by atoms with Crippen molar-refractivity contribution in [3.8, 4) is 11.8 Å². The minimum atomic E-state index is -0.147. The first-order valence-corrected chi connectivity index (χ1v) is 5.33. The van der Waals surface area contributed by atoms with Crippen molar-refractivity contribution in [2.75, 3.05) is 27.4 Å². The molecule has 0 bridgehead atoms. The molecule has 1 aliphatic rings. The van der Waals surface area contributed by atoms with Crippen LogP contribution in [0.5, 0.6) is 11.8 Å². The van der Waals surface area contributed by atoms with Crippen LogP contribution in [0.1, 0.15) is 16.9 Å². The highest BCUT2D eigenvalue weighted by Crippen LogP contribution is 2.23. The van der Waals surface area contributed by atoms with E-state index in [1.54, 1.807) is 0 Å². The summed E-state index contributed by atoms with van der Waals surface area (Å²) in [4.78, 5) is 20.2. The van der Waals surface area contributed by atoms with Crippen LogP contribution >= 0.6 is 0 Å². The van der Waals surface area contributed by atoms with Gasteiger partial charge in [0, 0.05) is 12.5 Å². The Morgan fingerprint density at radius 2 is 2.29 bits per heavy atom. The summed E-state index contributed by atoms with van der Waals surface area (Å²) < 4.78 is 15.2. The van der Waals surface area contributed by atoms with Crippen molar-refractivity contribution in [2.45, 2.75) is 6.42 Å². The lowest BCUT2D eigenvalue weighted by Gasteiger charge is -2.09. The topological polar surface area (TPSA) is 70.5 Å². The second-order valence-corrected chi connectivity index (χ2v) is 3.70. The van der Waals surface area contributed by atoms with E-state index in [0.717, 1.165) is 6.42 Å². The molecule has 6 heteroatoms. The number of ketones is 1. The molecule has 2 rings (SSSR count). The molecule has 0 saturated carbocycles. The van der Waals surface area contributed by atoms with Crippen molar-refractivity contribution in [1.82, 2.24) is 9.97 Å². The maximum absolute atomic E-state index is 12.1. The molecule has 0 radical (unpaired) electrons. The van der Waals surface area contributed by atoms with E-state index in [0.29, 0.717) is 19.1 Å². The Hall–Kier alpha value is -1.69. The number of methoxy groups -OCH3 is 2. The minimum Gasteiger partial charge on any atom is -0.480 e. The third-order valence-electron chi connectivity index (χ3n) is 2.65. The molecule has 2 heterocycles. The lowest BCUT2D eigenvalue weighted by atomic mass is 10.0. The van der Waals surface area contributed by atoms with E-state index in [2.05, 4.69) is 9.97 Å². The van der Waals surface area contributed by atoms with Crippen LogP contribution < -0.4 is 9.47 Å². The van der Waals surface area contributed by atoms with Gasteiger partial charge in [0.1, 0.15) is 0 Å². The zero-order valence-electron chi connectivity index (χ0n) is 9.80. The number of Topliss-reactive ketones (excluding diaryl/α,β-unsaturated/α-hetero) is 1. The van der Waals surface area contributed by atoms with Crippen molar-refractivity contribution in [1.29, 1.82) is 0 Å². The van der Waals surface area contributed by atoms with Gasteiger partial charge in [0.15, 0.2) is 11.5 Å². The average Bonchev–Trinajstić information content (AvgIpc) is 2.91. The molecule has 0 spiro atoms. The van der Waals surface area contributed by atoms with Gasteiger partial charge in [0.25, 0.3) is 0 Å². The summed E-state index contributed by atoms with van der Waals surface area (Å²) in [6.07, 6.45) is 2.13. The fourth-order valence-electron chi connectivity index (χ4n) is 1.70. The van der Waals surface area contributed by atoms with Crippen LogP contribution in [-0.2, 0) is 4.74 Å². The number of carbonyl (C=O) groups is 1. The van der Waals surface area contributed by atoms with E-state index in [1.807, 2.05) is 0 Å². The van der Waals surface area contributed by atoms with E-state index < -0.39 is 0 Å². The normalized spacial score (nSPS) is 19.1. The largest absolute Gasteiger partial charge is 0.480 e. The zero-order chi connectivity index (χ0) is 12.3. The Bertz CT molecular complexity index is 416. The van der Waals surface area contributed by atoms with Gasteiger partial charge in [-0.2, -0.15) is 4.98 Å². The molecule has 1 aromatic heterocycles. The quantitative estimate of drug-likeness (QED) is 0.719. The van der Waals surface area contributed by atoms with Crippen LogP contribution in [0.2, 0.25) is 0 Å². The van der Waals surface area contributed by atoms with E-state index in [1.165, 1.54) is 20.4 Å². The van der Waals surface area contributed by atoms with Crippen molar-refractivity contribution in [2.24, 2.45) is 5.92 Å². The Balaban J connectivity index is 2.27. The maximum atomic E-state index is 12.1. The number of aromatic nitrogens is 2. The highest BCUT2D eigenvalue weighted by Gasteiger charge is 2.28. The first-order valence-electron chi connectivity index (χ1n) is 5.33. The smallest absolute Gasteiger partial charge is 0.246 e. The van der Waals surface area contributed by atoms with E-state index in [9.17, 15) is 4.79 Å². The number of rotatable bonds is 4. The minimum absolute atomic E-state index is 0.0884. The van der Waals surface area contributed by atoms with Crippen molar-refractivity contribution in [3.63, 3.8) is 0 Å². The van der Waals surface area contributed by atoms with Crippen LogP contribution in [0.15, 0.2) is 6.20 Å². The second-order valence-electron chi connectivity index (χ2n) is 3.70. The van der Waals surface area contributed by atoms with Gasteiger partial charge >= 0.3 is 0 Å². The summed E-state index contributed by atoms with van der Waals surface area (Å²) in [5.74, 6) is 0.281. The fourth-order valence-corrected chi connectivity index (χ4v) is 1.70. The maximum Gasteiger partial charge on any atom is 0.246 e. The van der Waals surface area contributed by atoms with Crippen LogP contribution in [0.4, 0.5) is 0 Å². The van der Waals surface area contributed by atoms with E-state index >= 15 is 0 Å². The summed E-state index contributed by atoms with van der Waals surface area (Å²) in [6, 6.07) is 0. The molecular weight excluding hydrogens is 224 g/mol. The molecule has 17 heavy (non-hydrogen) atoms. The monoisotopic (exact) mass is 238 g/mol. The van der Waals surface area contributed by atoms with Gasteiger partial charge in [-0.1, -0.05) is 0 Å². The Morgan fingerprint density at radius 1 is 1.47 bits per heavy atom. The molecule has 0 amide bonds. The Morgan fingerprint density at radius 3 is 2.88 bits per heavy atom. The molecule has 1 fully saturated rings. The second kappa shape index (κ2) is 5.09. The predicted molar refractivity (Wildman–Crippen MR) is 58.4 cm³/mol. The van der Waals surface area contributed by atoms with Crippen LogP contribution in [0.3, 0.4) is 0 Å². The van der Waals surface area contributed by atoms with Crippen molar-refractivity contribution in [3.05, 3.63) is 11.9 Å². The molecule has 1 aromatic rings. The third-order valence-corrected chi connectivity index (χ3v) is 2.65. The lowest BCUT2D eigenvalue weighted by molar-refractivity contribution is 0.0890. The first-order chi connectivity index (χ1) is 8.26. The molecule has 1 unspecified atom stereocenters. The summed E-state index contributed by atoms with van der Waals surface area (Å²) in [6.45, 7) is 1.05. The number of nitrogens with zero attached hydrogens (tertiary/aromatic N) is 2. The SMILES string of the molecule is COc1cnc(C(=O)C2CCOC2)c(OC)n1. The standard InChI is InChI=1S/C11H14N2O4/c1-15-8-5-12-9(11(13-8)16-2)10(14)7-3-4-17-6-7/h5,7H,3-4,6H2,1-2H3. The van der Waals surface area contributed by atoms with E-state index in [4.69, 9.17) is 14.2 Å². The predicted octanol–water partition coefficient (Wildman–Crippen LogP) is 0.713. The third kappa shape index (κ3) is 2.36. The van der Waals surface area contributed by atoms with Gasteiger partial charge in [-0.3, -0.25) is 4.79 Å². The Kier molecular flexibility index (Phi) is 3.53. The van der Waals surface area contributed by atoms with Crippen LogP contribution in [0, 0.1) is 5.92 Å². The molecule has 1 atom stereocenters. The molecule has 92 valence electrons. The van der Waals surface area contributed by atoms with E-state index in [-0.39, 0.29) is 23.3 Å². The van der Waals surface area contributed by atoms with Crippen molar-refractivity contribution >= 4 is 5.78 Å². The number of hydrogen-bond donors (Lipinski definition) is 0. The Labute approximate surface area is 98.9 Å². The summed E-state index contributed by atoms with van der Waals surface area (Å²) in [7, 11) is 2.93. The van der Waals surface area contributed by atoms with Gasteiger partial charge < -0.3 is 14.2 Å². The highest BCUT2D eigenvalue weighted by atomic mass is 16.5. The molecular formula is C11H14N2O4. The van der Waals surface area contributed by atoms with Gasteiger partial charge in [-0.25, -0.2) is 4.98 Å². The highest BCUT2D eigenvalue weighted by molar-refractivity contribution is 5.98. The van der Waals surface area contributed by atoms with Gasteiger partial charge in [0.05, 0.1) is 27.0 Å². The number of carbonyl (C=O) groups excluding carboxylic acids is 1. The fraction of sp³-hybridized carbons (Fsp3) is 0.545.